The van der Waals surface area contributed by atoms with Crippen molar-refractivity contribution in [2.45, 2.75) is 40.2 Å². The minimum atomic E-state index is -2.47. The molecule has 0 aliphatic carbocycles. The highest BCUT2D eigenvalue weighted by molar-refractivity contribution is 7.34. The van der Waals surface area contributed by atoms with Crippen LogP contribution in [0, 0.1) is 5.41 Å². The number of carbonyl (C=O) groups excluding carboxylic acids is 1. The Balaban J connectivity index is 2.06. The van der Waals surface area contributed by atoms with Crippen LogP contribution in [0.2, 0.25) is 5.02 Å². The first kappa shape index (κ1) is 20.6. The molecular formula is C19H23ClNO4P. The van der Waals surface area contributed by atoms with E-state index in [4.69, 9.17) is 20.9 Å². The molecule has 2 aromatic rings. The molecule has 0 heterocycles. The van der Waals surface area contributed by atoms with Gasteiger partial charge in [0.2, 0.25) is 5.75 Å². The van der Waals surface area contributed by atoms with Crippen molar-refractivity contribution in [3.63, 3.8) is 0 Å². The third-order valence-electron chi connectivity index (χ3n) is 3.71. The van der Waals surface area contributed by atoms with Gasteiger partial charge in [0, 0.05) is 5.39 Å². The van der Waals surface area contributed by atoms with Gasteiger partial charge in [-0.25, -0.2) is 4.79 Å². The Bertz CT molecular complexity index is 817. The van der Waals surface area contributed by atoms with Crippen LogP contribution in [-0.4, -0.2) is 18.6 Å². The van der Waals surface area contributed by atoms with Gasteiger partial charge in [-0.05, 0) is 30.2 Å². The molecule has 0 fully saturated rings. The number of fused-ring (bicyclic) bond motifs is 1. The Morgan fingerprint density at radius 2 is 1.96 bits per heavy atom. The minimum Gasteiger partial charge on any atom is -0.575 e. The van der Waals surface area contributed by atoms with E-state index in [-0.39, 0.29) is 5.41 Å². The van der Waals surface area contributed by atoms with E-state index < -0.39 is 20.2 Å². The van der Waals surface area contributed by atoms with Crippen LogP contribution in [-0.2, 0) is 9.53 Å². The van der Waals surface area contributed by atoms with Gasteiger partial charge in [0.1, 0.15) is 0 Å². The number of nitrogens with zero attached hydrogens (tertiary/aromatic N) is 1. The van der Waals surface area contributed by atoms with Crippen LogP contribution in [0.15, 0.2) is 41.1 Å². The third kappa shape index (κ3) is 5.94. The van der Waals surface area contributed by atoms with Crippen LogP contribution in [0.5, 0.6) is 5.75 Å². The number of hydrogen-bond donors (Lipinski definition) is 0. The molecule has 5 nitrogen and oxygen atoms in total. The lowest BCUT2D eigenvalue weighted by Crippen LogP contribution is -2.21. The fourth-order valence-corrected chi connectivity index (χ4v) is 3.21. The average Bonchev–Trinajstić information content (AvgIpc) is 2.56. The first-order valence-corrected chi connectivity index (χ1v) is 9.88. The molecule has 0 amide bonds. The quantitative estimate of drug-likeness (QED) is 0.504. The van der Waals surface area contributed by atoms with E-state index in [0.29, 0.717) is 17.4 Å². The van der Waals surface area contributed by atoms with Crippen molar-refractivity contribution in [2.75, 3.05) is 6.61 Å². The van der Waals surface area contributed by atoms with E-state index in [0.717, 1.165) is 17.2 Å². The molecule has 2 unspecified atom stereocenters. The third-order valence-corrected chi connectivity index (χ3v) is 4.88. The van der Waals surface area contributed by atoms with Gasteiger partial charge >= 0.3 is 14.1 Å². The molecule has 0 N–H and O–H groups in total. The van der Waals surface area contributed by atoms with E-state index >= 15 is 0 Å². The van der Waals surface area contributed by atoms with Crippen LogP contribution < -0.4 is 9.42 Å². The van der Waals surface area contributed by atoms with Crippen molar-refractivity contribution in [1.29, 1.82) is 0 Å². The summed E-state index contributed by atoms with van der Waals surface area (Å²) in [6.07, 6.45) is 0.736. The van der Waals surface area contributed by atoms with Crippen molar-refractivity contribution in [3.8, 4) is 5.75 Å². The number of ether oxygens (including phenoxy) is 1. The first-order valence-electron chi connectivity index (χ1n) is 8.37. The summed E-state index contributed by atoms with van der Waals surface area (Å²) in [6.45, 7) is 8.02. The summed E-state index contributed by atoms with van der Waals surface area (Å²) >= 11 is 6.17. The van der Waals surface area contributed by atoms with E-state index in [1.54, 1.807) is 6.07 Å². The van der Waals surface area contributed by atoms with Gasteiger partial charge in [-0.1, -0.05) is 67.4 Å². The Labute approximate surface area is 159 Å². The minimum absolute atomic E-state index is 0.0695. The van der Waals surface area contributed by atoms with Crippen LogP contribution in [0.1, 0.15) is 34.1 Å². The number of esters is 1. The van der Waals surface area contributed by atoms with Gasteiger partial charge in [-0.2, -0.15) is 0 Å². The molecule has 140 valence electrons. The highest BCUT2D eigenvalue weighted by Crippen LogP contribution is 2.37. The molecule has 0 bridgehead atoms. The van der Waals surface area contributed by atoms with Crippen molar-refractivity contribution in [1.82, 2.24) is 0 Å². The van der Waals surface area contributed by atoms with Crippen molar-refractivity contribution in [3.05, 3.63) is 41.4 Å². The number of halogens is 1. The predicted octanol–water partition coefficient (Wildman–Crippen LogP) is 5.10. The zero-order valence-corrected chi connectivity index (χ0v) is 17.0. The Morgan fingerprint density at radius 3 is 2.65 bits per heavy atom. The second kappa shape index (κ2) is 8.81. The fourth-order valence-electron chi connectivity index (χ4n) is 2.18. The van der Waals surface area contributed by atoms with Gasteiger partial charge in [0.05, 0.1) is 11.6 Å². The topological polar surface area (TPSA) is 71.0 Å². The van der Waals surface area contributed by atoms with Gasteiger partial charge in [0.25, 0.3) is 0 Å². The molecule has 0 radical (unpaired) electrons. The maximum atomic E-state index is 12.2. The highest BCUT2D eigenvalue weighted by atomic mass is 35.5. The van der Waals surface area contributed by atoms with Crippen LogP contribution in [0.25, 0.3) is 10.8 Å². The zero-order valence-electron chi connectivity index (χ0n) is 15.4. The summed E-state index contributed by atoms with van der Waals surface area (Å²) in [5.74, 6) is -0.229. The second-order valence-corrected chi connectivity index (χ2v) is 8.49. The summed E-state index contributed by atoms with van der Waals surface area (Å²) in [7, 11) is -2.47. The molecule has 0 aliphatic rings. The molecular weight excluding hydrogens is 373 g/mol. The van der Waals surface area contributed by atoms with Gasteiger partial charge in [-0.3, -0.25) is 4.52 Å². The van der Waals surface area contributed by atoms with Crippen LogP contribution >= 0.6 is 19.8 Å². The number of rotatable bonds is 6. The lowest BCUT2D eigenvalue weighted by molar-refractivity contribution is -0.169. The zero-order chi connectivity index (χ0) is 19.3. The van der Waals surface area contributed by atoms with E-state index in [1.165, 1.54) is 6.92 Å². The summed E-state index contributed by atoms with van der Waals surface area (Å²) in [4.78, 5) is 24.2. The van der Waals surface area contributed by atoms with Gasteiger partial charge in [-0.15, -0.1) is 0 Å². The smallest absolute Gasteiger partial charge is 0.395 e. The molecule has 0 saturated carbocycles. The van der Waals surface area contributed by atoms with Crippen LogP contribution in [0.4, 0.5) is 0 Å². The van der Waals surface area contributed by atoms with Crippen molar-refractivity contribution in [2.24, 2.45) is 10.2 Å². The van der Waals surface area contributed by atoms with E-state index in [2.05, 4.69) is 25.5 Å². The SMILES string of the molecule is CC(N=[P+]([O-])Oc1c(Cl)ccc2ccccc12)C(=O)OCCC(C)(C)C. The standard InChI is InChI=1S/C19H23ClNO4P/c1-13(18(22)24-12-11-19(2,3)4)21-26(23)25-17-15-8-6-5-7-14(15)9-10-16(17)20/h5-10,13H,11-12H2,1-4H3. The number of hydrogen-bond acceptors (Lipinski definition) is 5. The van der Waals surface area contributed by atoms with E-state index in [1.807, 2.05) is 30.3 Å². The molecule has 2 atom stereocenters. The Morgan fingerprint density at radius 1 is 1.27 bits per heavy atom. The number of benzene rings is 2. The van der Waals surface area contributed by atoms with E-state index in [9.17, 15) is 9.69 Å². The molecule has 2 rings (SSSR count). The van der Waals surface area contributed by atoms with Crippen LogP contribution in [0.3, 0.4) is 0 Å². The maximum absolute atomic E-state index is 12.2. The molecule has 0 saturated heterocycles. The summed E-state index contributed by atoms with van der Waals surface area (Å²) in [5, 5.41) is 1.98. The lowest BCUT2D eigenvalue weighted by Gasteiger charge is -2.17. The fraction of sp³-hybridized carbons (Fsp3) is 0.421. The van der Waals surface area contributed by atoms with Crippen molar-refractivity contribution >= 4 is 36.5 Å². The normalized spacial score (nSPS) is 13.5. The van der Waals surface area contributed by atoms with Gasteiger partial charge in [0.15, 0.2) is 6.04 Å². The summed E-state index contributed by atoms with van der Waals surface area (Å²) < 4.78 is 14.5. The molecule has 2 aromatic carbocycles. The molecule has 7 heteroatoms. The second-order valence-electron chi connectivity index (χ2n) is 7.20. The lowest BCUT2D eigenvalue weighted by atomic mass is 9.93. The maximum Gasteiger partial charge on any atom is 0.395 e. The first-order chi connectivity index (χ1) is 12.2. The largest absolute Gasteiger partial charge is 0.575 e. The molecule has 0 aliphatic heterocycles. The Hall–Kier alpha value is -1.68. The predicted molar refractivity (Wildman–Crippen MR) is 103 cm³/mol. The van der Waals surface area contributed by atoms with Gasteiger partial charge < -0.3 is 9.63 Å². The Kier molecular flexibility index (Phi) is 6.99. The van der Waals surface area contributed by atoms with Crippen molar-refractivity contribution < 1.29 is 18.9 Å². The molecule has 0 spiro atoms. The molecule has 26 heavy (non-hydrogen) atoms. The average molecular weight is 396 g/mol. The number of carbonyl (C=O) groups is 1. The summed E-state index contributed by atoms with van der Waals surface area (Å²) in [6, 6.07) is 10.1. The highest BCUT2D eigenvalue weighted by Gasteiger charge is 2.21. The summed E-state index contributed by atoms with van der Waals surface area (Å²) in [5.41, 5.74) is 0.0695. The molecule has 0 aromatic heterocycles. The monoisotopic (exact) mass is 395 g/mol.